The molecule has 0 aliphatic carbocycles. The molecule has 5 nitrogen and oxygen atoms in total. The van der Waals surface area contributed by atoms with Gasteiger partial charge in [-0.1, -0.05) is 11.6 Å². The van der Waals surface area contributed by atoms with Gasteiger partial charge in [-0.25, -0.2) is 15.0 Å². The zero-order chi connectivity index (χ0) is 13.7. The second-order valence-electron chi connectivity index (χ2n) is 3.96. The highest BCUT2D eigenvalue weighted by atomic mass is 35.5. The van der Waals surface area contributed by atoms with Gasteiger partial charge >= 0.3 is 0 Å². The number of anilines is 1. The van der Waals surface area contributed by atoms with Gasteiger partial charge in [0, 0.05) is 31.5 Å². The summed E-state index contributed by atoms with van der Waals surface area (Å²) in [6, 6.07) is 1.70. The van der Waals surface area contributed by atoms with Gasteiger partial charge in [0.15, 0.2) is 5.82 Å². The van der Waals surface area contributed by atoms with E-state index in [9.17, 15) is 0 Å². The summed E-state index contributed by atoms with van der Waals surface area (Å²) in [5.41, 5.74) is 1.09. The van der Waals surface area contributed by atoms with Gasteiger partial charge in [0.1, 0.15) is 17.6 Å². The number of nitrogens with zero attached hydrogens (tertiary/aromatic N) is 3. The minimum absolute atomic E-state index is 0.348. The summed E-state index contributed by atoms with van der Waals surface area (Å²) in [7, 11) is 1.60. The third-order valence-corrected chi connectivity index (χ3v) is 3.38. The molecule has 0 atom stereocenters. The second kappa shape index (κ2) is 6.79. The molecular weight excluding hydrogens is 284 g/mol. The Morgan fingerprint density at radius 1 is 1.37 bits per heavy atom. The van der Waals surface area contributed by atoms with Crippen molar-refractivity contribution < 1.29 is 4.74 Å². The van der Waals surface area contributed by atoms with Crippen LogP contribution in [0.5, 0.6) is 0 Å². The van der Waals surface area contributed by atoms with E-state index < -0.39 is 0 Å². The van der Waals surface area contributed by atoms with Gasteiger partial charge in [-0.3, -0.25) is 0 Å². The monoisotopic (exact) mass is 298 g/mol. The summed E-state index contributed by atoms with van der Waals surface area (Å²) in [6.07, 6.45) is 0.853. The molecule has 2 heterocycles. The number of aromatic nitrogens is 3. The molecule has 0 aliphatic rings. The highest BCUT2D eigenvalue weighted by molar-refractivity contribution is 7.09. The Labute approximate surface area is 121 Å². The molecule has 2 rings (SSSR count). The number of rotatable bonds is 6. The molecule has 0 saturated heterocycles. The van der Waals surface area contributed by atoms with E-state index in [1.54, 1.807) is 24.5 Å². The first-order valence-corrected chi connectivity index (χ1v) is 7.10. The highest BCUT2D eigenvalue weighted by Gasteiger charge is 2.03. The van der Waals surface area contributed by atoms with Crippen LogP contribution in [0.1, 0.15) is 16.5 Å². The maximum absolute atomic E-state index is 5.93. The molecule has 0 amide bonds. The van der Waals surface area contributed by atoms with Crippen LogP contribution in [0, 0.1) is 6.92 Å². The fourth-order valence-corrected chi connectivity index (χ4v) is 2.44. The number of nitrogens with one attached hydrogen (secondary N) is 1. The van der Waals surface area contributed by atoms with E-state index in [1.165, 1.54) is 0 Å². The van der Waals surface area contributed by atoms with E-state index in [4.69, 9.17) is 16.3 Å². The number of thiazole rings is 1. The van der Waals surface area contributed by atoms with Crippen molar-refractivity contribution in [1.29, 1.82) is 0 Å². The van der Waals surface area contributed by atoms with Crippen molar-refractivity contribution in [2.45, 2.75) is 20.0 Å². The van der Waals surface area contributed by atoms with E-state index >= 15 is 0 Å². The third kappa shape index (κ3) is 4.41. The summed E-state index contributed by atoms with van der Waals surface area (Å²) in [4.78, 5) is 12.8. The minimum atomic E-state index is 0.348. The molecular formula is C12H15ClN4OS. The predicted molar refractivity (Wildman–Crippen MR) is 76.8 cm³/mol. The minimum Gasteiger partial charge on any atom is -0.377 e. The van der Waals surface area contributed by atoms with Crippen molar-refractivity contribution in [3.8, 4) is 0 Å². The molecule has 19 heavy (non-hydrogen) atoms. The van der Waals surface area contributed by atoms with Crippen LogP contribution < -0.4 is 5.32 Å². The number of methoxy groups -OCH3 is 1. The molecule has 102 valence electrons. The first kappa shape index (κ1) is 14.2. The standard InChI is InChI=1S/C12H15ClN4OS/c1-8-15-9(7-19-8)3-4-14-11-5-10(13)16-12(17-11)6-18-2/h5,7H,3-4,6H2,1-2H3,(H,14,16,17). The van der Waals surface area contributed by atoms with Gasteiger partial charge in [-0.05, 0) is 6.92 Å². The number of halogens is 1. The Balaban J connectivity index is 1.91. The quantitative estimate of drug-likeness (QED) is 0.831. The molecule has 2 aromatic heterocycles. The van der Waals surface area contributed by atoms with Crippen LogP contribution in [-0.2, 0) is 17.8 Å². The fraction of sp³-hybridized carbons (Fsp3) is 0.417. The average molecular weight is 299 g/mol. The van der Waals surface area contributed by atoms with Gasteiger partial charge in [0.05, 0.1) is 10.7 Å². The smallest absolute Gasteiger partial charge is 0.158 e. The van der Waals surface area contributed by atoms with Crippen molar-refractivity contribution in [2.75, 3.05) is 19.0 Å². The van der Waals surface area contributed by atoms with Crippen molar-refractivity contribution >= 4 is 28.8 Å². The molecule has 0 bridgehead atoms. The second-order valence-corrected chi connectivity index (χ2v) is 5.41. The molecule has 0 fully saturated rings. The van der Waals surface area contributed by atoms with Gasteiger partial charge < -0.3 is 10.1 Å². The molecule has 0 aromatic carbocycles. The van der Waals surface area contributed by atoms with Crippen molar-refractivity contribution in [2.24, 2.45) is 0 Å². The van der Waals surface area contributed by atoms with Gasteiger partial charge in [0.25, 0.3) is 0 Å². The van der Waals surface area contributed by atoms with Crippen LogP contribution in [0.4, 0.5) is 5.82 Å². The van der Waals surface area contributed by atoms with E-state index in [0.717, 1.165) is 23.7 Å². The summed E-state index contributed by atoms with van der Waals surface area (Å²) in [5, 5.41) is 6.78. The lowest BCUT2D eigenvalue weighted by atomic mass is 10.3. The van der Waals surface area contributed by atoms with Gasteiger partial charge in [-0.15, -0.1) is 11.3 Å². The Morgan fingerprint density at radius 2 is 2.21 bits per heavy atom. The number of hydrogen-bond acceptors (Lipinski definition) is 6. The molecule has 0 spiro atoms. The number of hydrogen-bond donors (Lipinski definition) is 1. The first-order valence-electron chi connectivity index (χ1n) is 5.84. The molecule has 0 aliphatic heterocycles. The lowest BCUT2D eigenvalue weighted by Gasteiger charge is -2.06. The van der Waals surface area contributed by atoms with Crippen LogP contribution in [0.15, 0.2) is 11.4 Å². The summed E-state index contributed by atoms with van der Waals surface area (Å²) < 4.78 is 4.99. The molecule has 2 aromatic rings. The molecule has 0 unspecified atom stereocenters. The number of ether oxygens (including phenoxy) is 1. The molecule has 0 saturated carbocycles. The van der Waals surface area contributed by atoms with E-state index in [2.05, 4.69) is 25.6 Å². The Morgan fingerprint density at radius 3 is 2.89 bits per heavy atom. The molecule has 1 N–H and O–H groups in total. The third-order valence-electron chi connectivity index (χ3n) is 2.37. The van der Waals surface area contributed by atoms with Crippen molar-refractivity contribution in [3.05, 3.63) is 33.1 Å². The van der Waals surface area contributed by atoms with E-state index in [-0.39, 0.29) is 0 Å². The maximum atomic E-state index is 5.93. The van der Waals surface area contributed by atoms with Gasteiger partial charge in [0.2, 0.25) is 0 Å². The fourth-order valence-electron chi connectivity index (χ4n) is 1.59. The lowest BCUT2D eigenvalue weighted by molar-refractivity contribution is 0.178. The van der Waals surface area contributed by atoms with Crippen LogP contribution in [0.25, 0.3) is 0 Å². The predicted octanol–water partition coefficient (Wildman–Crippen LogP) is 2.70. The maximum Gasteiger partial charge on any atom is 0.158 e. The zero-order valence-electron chi connectivity index (χ0n) is 10.8. The topological polar surface area (TPSA) is 59.9 Å². The largest absolute Gasteiger partial charge is 0.377 e. The van der Waals surface area contributed by atoms with E-state index in [0.29, 0.717) is 23.4 Å². The molecule has 7 heteroatoms. The first-order chi connectivity index (χ1) is 9.17. The SMILES string of the molecule is COCc1nc(Cl)cc(NCCc2csc(C)n2)n1. The van der Waals surface area contributed by atoms with Crippen molar-refractivity contribution in [1.82, 2.24) is 15.0 Å². The average Bonchev–Trinajstić information content (AvgIpc) is 2.75. The Bertz CT molecular complexity index is 546. The molecule has 0 radical (unpaired) electrons. The Kier molecular flexibility index (Phi) is 5.07. The van der Waals surface area contributed by atoms with Crippen LogP contribution in [0.2, 0.25) is 5.15 Å². The zero-order valence-corrected chi connectivity index (χ0v) is 12.4. The summed E-state index contributed by atoms with van der Waals surface area (Å²) >= 11 is 7.59. The van der Waals surface area contributed by atoms with Crippen LogP contribution in [0.3, 0.4) is 0 Å². The van der Waals surface area contributed by atoms with Gasteiger partial charge in [-0.2, -0.15) is 0 Å². The lowest BCUT2D eigenvalue weighted by Crippen LogP contribution is -2.08. The van der Waals surface area contributed by atoms with Crippen molar-refractivity contribution in [3.63, 3.8) is 0 Å². The summed E-state index contributed by atoms with van der Waals surface area (Å²) in [6.45, 7) is 3.10. The van der Waals surface area contributed by atoms with Crippen LogP contribution in [-0.4, -0.2) is 28.6 Å². The van der Waals surface area contributed by atoms with E-state index in [1.807, 2.05) is 6.92 Å². The van der Waals surface area contributed by atoms with Crippen LogP contribution >= 0.6 is 22.9 Å². The Hall–Kier alpha value is -1.24. The highest BCUT2D eigenvalue weighted by Crippen LogP contribution is 2.13. The summed E-state index contributed by atoms with van der Waals surface area (Å²) in [5.74, 6) is 1.28. The number of aryl methyl sites for hydroxylation is 1. The normalized spacial score (nSPS) is 10.7.